The van der Waals surface area contributed by atoms with E-state index in [2.05, 4.69) is 4.99 Å². The van der Waals surface area contributed by atoms with E-state index in [-0.39, 0.29) is 0 Å². The lowest BCUT2D eigenvalue weighted by molar-refractivity contribution is 0.321. The van der Waals surface area contributed by atoms with Gasteiger partial charge < -0.3 is 4.74 Å². The Balaban J connectivity index is 2.50. The highest BCUT2D eigenvalue weighted by Gasteiger charge is 2.07. The van der Waals surface area contributed by atoms with Gasteiger partial charge in [0.1, 0.15) is 6.61 Å². The predicted molar refractivity (Wildman–Crippen MR) is 28.5 cm³/mol. The van der Waals surface area contributed by atoms with Crippen molar-refractivity contribution in [1.29, 1.82) is 0 Å². The first kappa shape index (κ1) is 4.62. The molecule has 0 fully saturated rings. The summed E-state index contributed by atoms with van der Waals surface area (Å²) in [6.45, 7) is 4.69. The van der Waals surface area contributed by atoms with Crippen molar-refractivity contribution in [2.24, 2.45) is 4.99 Å². The molecule has 0 spiro atoms. The molecule has 1 rings (SSSR count). The minimum atomic E-state index is 0.389. The van der Waals surface area contributed by atoms with Gasteiger partial charge in [-0.2, -0.15) is 0 Å². The number of rotatable bonds is 0. The Morgan fingerprint density at radius 2 is 2.57 bits per heavy atom. The van der Waals surface area contributed by atoms with Gasteiger partial charge in [0.2, 0.25) is 0 Å². The van der Waals surface area contributed by atoms with Gasteiger partial charge in [-0.25, -0.2) is 4.99 Å². The van der Waals surface area contributed by atoms with Gasteiger partial charge in [-0.3, -0.25) is 0 Å². The first-order chi connectivity index (χ1) is 3.29. The number of ether oxygens (including phenoxy) is 1. The molecule has 40 valence electrons. The van der Waals surface area contributed by atoms with Gasteiger partial charge in [0.05, 0.1) is 6.04 Å². The van der Waals surface area contributed by atoms with Crippen molar-refractivity contribution in [2.45, 2.75) is 19.9 Å². The third-order valence-corrected chi connectivity index (χ3v) is 0.936. The van der Waals surface area contributed by atoms with E-state index >= 15 is 0 Å². The van der Waals surface area contributed by atoms with Crippen LogP contribution < -0.4 is 0 Å². The van der Waals surface area contributed by atoms with Crippen molar-refractivity contribution in [3.05, 3.63) is 0 Å². The Morgan fingerprint density at radius 3 is 2.71 bits per heavy atom. The molecular weight excluding hydrogens is 90.1 g/mol. The van der Waals surface area contributed by atoms with Crippen molar-refractivity contribution < 1.29 is 4.74 Å². The monoisotopic (exact) mass is 99.1 g/mol. The van der Waals surface area contributed by atoms with Crippen molar-refractivity contribution in [3.63, 3.8) is 0 Å². The molecule has 0 bridgehead atoms. The number of nitrogens with zero attached hydrogens (tertiary/aromatic N) is 1. The molecular formula is C5H9NO. The van der Waals surface area contributed by atoms with Crippen LogP contribution in [0, 0.1) is 0 Å². The summed E-state index contributed by atoms with van der Waals surface area (Å²) in [7, 11) is 0. The zero-order valence-electron chi connectivity index (χ0n) is 4.64. The maximum Gasteiger partial charge on any atom is 0.180 e. The van der Waals surface area contributed by atoms with Crippen LogP contribution >= 0.6 is 0 Å². The fourth-order valence-corrected chi connectivity index (χ4v) is 0.626. The molecule has 1 aliphatic rings. The molecule has 0 amide bonds. The molecule has 0 saturated carbocycles. The molecule has 1 heterocycles. The first-order valence-electron chi connectivity index (χ1n) is 2.46. The number of hydrogen-bond donors (Lipinski definition) is 0. The summed E-state index contributed by atoms with van der Waals surface area (Å²) in [5, 5.41) is 0. The molecule has 1 atom stereocenters. The molecule has 2 heteroatoms. The van der Waals surface area contributed by atoms with Crippen molar-refractivity contribution >= 4 is 5.90 Å². The molecule has 0 aromatic carbocycles. The zero-order chi connectivity index (χ0) is 5.28. The summed E-state index contributed by atoms with van der Waals surface area (Å²) in [4.78, 5) is 4.08. The van der Waals surface area contributed by atoms with Crippen molar-refractivity contribution in [2.75, 3.05) is 6.61 Å². The van der Waals surface area contributed by atoms with E-state index in [1.54, 1.807) is 0 Å². The highest BCUT2D eigenvalue weighted by molar-refractivity contribution is 5.74. The molecule has 2 nitrogen and oxygen atoms in total. The molecule has 0 aliphatic carbocycles. The normalized spacial score (nSPS) is 29.4. The fourth-order valence-electron chi connectivity index (χ4n) is 0.626. The minimum absolute atomic E-state index is 0.389. The second-order valence-electron chi connectivity index (χ2n) is 1.81. The second-order valence-corrected chi connectivity index (χ2v) is 1.81. The van der Waals surface area contributed by atoms with Crippen LogP contribution in [0.2, 0.25) is 0 Å². The smallest absolute Gasteiger partial charge is 0.180 e. The van der Waals surface area contributed by atoms with Crippen LogP contribution in [-0.2, 0) is 4.74 Å². The molecule has 0 radical (unpaired) electrons. The van der Waals surface area contributed by atoms with E-state index in [1.165, 1.54) is 0 Å². The van der Waals surface area contributed by atoms with Crippen LogP contribution in [-0.4, -0.2) is 18.5 Å². The van der Waals surface area contributed by atoms with Gasteiger partial charge in [-0.1, -0.05) is 0 Å². The van der Waals surface area contributed by atoms with Crippen LogP contribution in [0.3, 0.4) is 0 Å². The molecule has 0 unspecified atom stereocenters. The summed E-state index contributed by atoms with van der Waals surface area (Å²) in [6.07, 6.45) is 0. The van der Waals surface area contributed by atoms with Gasteiger partial charge in [0.25, 0.3) is 0 Å². The minimum Gasteiger partial charge on any atom is -0.479 e. The topological polar surface area (TPSA) is 21.6 Å². The predicted octanol–water partition coefficient (Wildman–Crippen LogP) is 0.824. The van der Waals surface area contributed by atoms with Gasteiger partial charge in [-0.15, -0.1) is 0 Å². The van der Waals surface area contributed by atoms with E-state index in [9.17, 15) is 0 Å². The first-order valence-corrected chi connectivity index (χ1v) is 2.46. The standard InChI is InChI=1S/C5H9NO/c1-4-3-7-5(2)6-4/h4H,3H2,1-2H3/t4-/m1/s1. The third-order valence-electron chi connectivity index (χ3n) is 0.936. The highest BCUT2D eigenvalue weighted by atomic mass is 16.5. The summed E-state index contributed by atoms with van der Waals surface area (Å²) >= 11 is 0. The van der Waals surface area contributed by atoms with Crippen LogP contribution in [0.4, 0.5) is 0 Å². The van der Waals surface area contributed by atoms with E-state index in [1.807, 2.05) is 13.8 Å². The Bertz CT molecular complexity index is 98.3. The van der Waals surface area contributed by atoms with Crippen LogP contribution in [0.1, 0.15) is 13.8 Å². The average molecular weight is 99.1 g/mol. The average Bonchev–Trinajstić information content (AvgIpc) is 1.87. The molecule has 0 saturated heterocycles. The van der Waals surface area contributed by atoms with E-state index in [0.717, 1.165) is 12.5 Å². The SMILES string of the molecule is CC1=N[C@H](C)CO1. The largest absolute Gasteiger partial charge is 0.479 e. The molecule has 1 aliphatic heterocycles. The quantitative estimate of drug-likeness (QED) is 0.440. The summed E-state index contributed by atoms with van der Waals surface area (Å²) in [5.41, 5.74) is 0. The van der Waals surface area contributed by atoms with E-state index < -0.39 is 0 Å². The van der Waals surface area contributed by atoms with Gasteiger partial charge in [0.15, 0.2) is 5.90 Å². The summed E-state index contributed by atoms with van der Waals surface area (Å²) in [6, 6.07) is 0.389. The van der Waals surface area contributed by atoms with Gasteiger partial charge >= 0.3 is 0 Å². The maximum atomic E-state index is 5.02. The second kappa shape index (κ2) is 1.52. The molecule has 7 heavy (non-hydrogen) atoms. The summed E-state index contributed by atoms with van der Waals surface area (Å²) < 4.78 is 5.02. The van der Waals surface area contributed by atoms with Gasteiger partial charge in [-0.05, 0) is 6.92 Å². The Labute approximate surface area is 43.2 Å². The molecule has 0 aromatic heterocycles. The molecule has 0 aromatic rings. The van der Waals surface area contributed by atoms with Gasteiger partial charge in [0, 0.05) is 6.92 Å². The maximum absolute atomic E-state index is 5.02. The zero-order valence-corrected chi connectivity index (χ0v) is 4.64. The molecule has 0 N–H and O–H groups in total. The lowest BCUT2D eigenvalue weighted by atomic mass is 10.4. The van der Waals surface area contributed by atoms with Crippen LogP contribution in [0.5, 0.6) is 0 Å². The highest BCUT2D eigenvalue weighted by Crippen LogP contribution is 2.00. The Morgan fingerprint density at radius 1 is 1.86 bits per heavy atom. The lowest BCUT2D eigenvalue weighted by Gasteiger charge is -1.90. The third kappa shape index (κ3) is 0.918. The number of aliphatic imine (C=N–C) groups is 1. The van der Waals surface area contributed by atoms with E-state index in [0.29, 0.717) is 6.04 Å². The fraction of sp³-hybridized carbons (Fsp3) is 0.800. The Hall–Kier alpha value is -0.530. The number of hydrogen-bond acceptors (Lipinski definition) is 2. The van der Waals surface area contributed by atoms with E-state index in [4.69, 9.17) is 4.74 Å². The summed E-state index contributed by atoms with van der Waals surface area (Å²) in [5.74, 6) is 0.826. The lowest BCUT2D eigenvalue weighted by Crippen LogP contribution is -1.97. The van der Waals surface area contributed by atoms with Crippen LogP contribution in [0.15, 0.2) is 4.99 Å². The van der Waals surface area contributed by atoms with Crippen LogP contribution in [0.25, 0.3) is 0 Å². The van der Waals surface area contributed by atoms with Crippen molar-refractivity contribution in [1.82, 2.24) is 0 Å². The van der Waals surface area contributed by atoms with Crippen molar-refractivity contribution in [3.8, 4) is 0 Å². The Kier molecular flexibility index (Phi) is 1.01.